The van der Waals surface area contributed by atoms with Crippen LogP contribution in [0.25, 0.3) is 0 Å². The number of hydrogen-bond acceptors (Lipinski definition) is 0. The van der Waals surface area contributed by atoms with Crippen LogP contribution in [0.15, 0.2) is 12.2 Å². The van der Waals surface area contributed by atoms with Gasteiger partial charge in [0.2, 0.25) is 0 Å². The quantitative estimate of drug-likeness (QED) is 0.344. The Bertz CT molecular complexity index is 362. The Balaban J connectivity index is 2.37. The fourth-order valence-electron chi connectivity index (χ4n) is 3.80. The smallest absolute Gasteiger partial charge is 0.0495 e. The van der Waals surface area contributed by atoms with Crippen LogP contribution in [0.5, 0.6) is 0 Å². The van der Waals surface area contributed by atoms with Crippen LogP contribution in [0.1, 0.15) is 52.9 Å². The first-order valence-electron chi connectivity index (χ1n) is 6.79. The van der Waals surface area contributed by atoms with Crippen LogP contribution < -0.4 is 0 Å². The molecule has 2 saturated carbocycles. The van der Waals surface area contributed by atoms with Crippen molar-refractivity contribution in [1.82, 2.24) is 0 Å². The van der Waals surface area contributed by atoms with Gasteiger partial charge in [-0.3, -0.25) is 0 Å². The van der Waals surface area contributed by atoms with Crippen LogP contribution in [0.4, 0.5) is 0 Å². The maximum atomic E-state index is 6.67. The highest BCUT2D eigenvalue weighted by Crippen LogP contribution is 2.64. The number of alkyl halides is 3. The molecule has 2 unspecified atom stereocenters. The van der Waals surface area contributed by atoms with Crippen molar-refractivity contribution in [2.45, 2.75) is 67.4 Å². The Kier molecular flexibility index (Phi) is 4.08. The molecule has 0 saturated heterocycles. The topological polar surface area (TPSA) is 0 Å². The number of rotatable bonds is 0. The van der Waals surface area contributed by atoms with Crippen molar-refractivity contribution in [3.8, 4) is 0 Å². The lowest BCUT2D eigenvalue weighted by Gasteiger charge is -2.59. The first-order chi connectivity index (χ1) is 8.13. The Morgan fingerprint density at radius 3 is 2.44 bits per heavy atom. The van der Waals surface area contributed by atoms with Crippen LogP contribution in [-0.2, 0) is 0 Å². The van der Waals surface area contributed by atoms with E-state index >= 15 is 0 Å². The SMILES string of the molecule is C=C1CC[C@@H](Br)C(C)(C)[C@]12CCC(C)(Br)C(Cl)C2. The first-order valence-corrected chi connectivity index (χ1v) is 8.93. The third-order valence-corrected chi connectivity index (χ3v) is 9.07. The van der Waals surface area contributed by atoms with Crippen molar-refractivity contribution in [2.75, 3.05) is 0 Å². The van der Waals surface area contributed by atoms with Gasteiger partial charge in [-0.1, -0.05) is 57.9 Å². The molecule has 2 fully saturated rings. The first kappa shape index (κ1) is 15.4. The molecule has 0 heterocycles. The van der Waals surface area contributed by atoms with Gasteiger partial charge in [-0.15, -0.1) is 11.6 Å². The summed E-state index contributed by atoms with van der Waals surface area (Å²) in [5, 5.41) is 0.181. The van der Waals surface area contributed by atoms with E-state index in [1.54, 1.807) is 0 Å². The van der Waals surface area contributed by atoms with E-state index in [0.717, 1.165) is 19.3 Å². The molecule has 0 amide bonds. The Hall–Kier alpha value is 0.990. The fourth-order valence-corrected chi connectivity index (χ4v) is 5.20. The molecule has 0 N–H and O–H groups in total. The third kappa shape index (κ3) is 2.15. The summed E-state index contributed by atoms with van der Waals surface area (Å²) >= 11 is 14.4. The summed E-state index contributed by atoms with van der Waals surface area (Å²) in [5.74, 6) is 0. The van der Waals surface area contributed by atoms with E-state index in [-0.39, 0.29) is 20.5 Å². The van der Waals surface area contributed by atoms with Gasteiger partial charge >= 0.3 is 0 Å². The molecule has 4 atom stereocenters. The highest BCUT2D eigenvalue weighted by atomic mass is 79.9. The van der Waals surface area contributed by atoms with Gasteiger partial charge in [0.15, 0.2) is 0 Å². The molecule has 0 bridgehead atoms. The normalized spacial score (nSPS) is 48.4. The van der Waals surface area contributed by atoms with E-state index in [0.29, 0.717) is 4.83 Å². The summed E-state index contributed by atoms with van der Waals surface area (Å²) in [6.07, 6.45) is 5.72. The molecule has 0 aromatic rings. The zero-order valence-electron chi connectivity index (χ0n) is 11.5. The predicted octanol–water partition coefficient (Wildman–Crippen LogP) is 6.06. The molecule has 3 heteroatoms. The van der Waals surface area contributed by atoms with Gasteiger partial charge in [-0.25, -0.2) is 0 Å². The molecule has 0 radical (unpaired) electrons. The van der Waals surface area contributed by atoms with Crippen molar-refractivity contribution in [3.05, 3.63) is 12.2 Å². The Morgan fingerprint density at radius 1 is 1.28 bits per heavy atom. The average Bonchev–Trinajstić information content (AvgIpc) is 2.27. The van der Waals surface area contributed by atoms with Gasteiger partial charge in [-0.05, 0) is 49.9 Å². The summed E-state index contributed by atoms with van der Waals surface area (Å²) < 4.78 is 0.0788. The van der Waals surface area contributed by atoms with E-state index < -0.39 is 0 Å². The molecule has 2 aliphatic rings. The van der Waals surface area contributed by atoms with Gasteiger partial charge in [0.1, 0.15) is 0 Å². The van der Waals surface area contributed by atoms with Crippen LogP contribution in [0.2, 0.25) is 0 Å². The van der Waals surface area contributed by atoms with Crippen molar-refractivity contribution in [3.63, 3.8) is 0 Å². The number of hydrogen-bond donors (Lipinski definition) is 0. The predicted molar refractivity (Wildman–Crippen MR) is 88.1 cm³/mol. The van der Waals surface area contributed by atoms with E-state index in [9.17, 15) is 0 Å². The lowest BCUT2D eigenvalue weighted by Crippen LogP contribution is -2.54. The number of allylic oxidation sites excluding steroid dienone is 1. The summed E-state index contributed by atoms with van der Waals surface area (Å²) in [7, 11) is 0. The molecular weight excluding hydrogens is 375 g/mol. The molecular formula is C15H23Br2Cl. The van der Waals surface area contributed by atoms with Gasteiger partial charge in [0.25, 0.3) is 0 Å². The van der Waals surface area contributed by atoms with Crippen molar-refractivity contribution < 1.29 is 0 Å². The second-order valence-electron chi connectivity index (χ2n) is 6.86. The van der Waals surface area contributed by atoms with Crippen LogP contribution in [0, 0.1) is 10.8 Å². The zero-order chi connectivity index (χ0) is 13.8. The van der Waals surface area contributed by atoms with E-state index in [1.165, 1.54) is 18.4 Å². The van der Waals surface area contributed by atoms with E-state index in [2.05, 4.69) is 59.2 Å². The molecule has 1 spiro atoms. The van der Waals surface area contributed by atoms with Crippen LogP contribution >= 0.6 is 43.5 Å². The molecule has 2 rings (SSSR count). The number of halogens is 3. The van der Waals surface area contributed by atoms with E-state index in [1.807, 2.05) is 0 Å². The molecule has 0 aromatic carbocycles. The summed E-state index contributed by atoms with van der Waals surface area (Å²) in [5.41, 5.74) is 1.87. The largest absolute Gasteiger partial charge is 0.121 e. The molecule has 0 aliphatic heterocycles. The average molecular weight is 399 g/mol. The molecule has 18 heavy (non-hydrogen) atoms. The monoisotopic (exact) mass is 396 g/mol. The Labute approximate surface area is 133 Å². The maximum Gasteiger partial charge on any atom is 0.0495 e. The second kappa shape index (κ2) is 4.77. The van der Waals surface area contributed by atoms with Crippen molar-refractivity contribution in [1.29, 1.82) is 0 Å². The van der Waals surface area contributed by atoms with Gasteiger partial charge in [-0.2, -0.15) is 0 Å². The highest BCUT2D eigenvalue weighted by Gasteiger charge is 2.57. The summed E-state index contributed by atoms with van der Waals surface area (Å²) in [4.78, 5) is 0.569. The third-order valence-electron chi connectivity index (χ3n) is 5.61. The molecule has 104 valence electrons. The fraction of sp³-hybridized carbons (Fsp3) is 0.867. The lowest BCUT2D eigenvalue weighted by atomic mass is 9.50. The Morgan fingerprint density at radius 2 is 1.89 bits per heavy atom. The molecule has 0 aromatic heterocycles. The summed E-state index contributed by atoms with van der Waals surface area (Å²) in [6, 6.07) is 0. The van der Waals surface area contributed by atoms with Crippen LogP contribution in [-0.4, -0.2) is 14.5 Å². The van der Waals surface area contributed by atoms with Crippen molar-refractivity contribution >= 4 is 43.5 Å². The standard InChI is InChI=1S/C15H23Br2Cl/c1-10-5-6-11(16)13(2,3)15(10)8-7-14(4,17)12(18)9-15/h11-12H,1,5-9H2,2-4H3/t11-,12?,14?,15+/m1/s1. The zero-order valence-corrected chi connectivity index (χ0v) is 15.5. The minimum absolute atomic E-state index is 0.0788. The van der Waals surface area contributed by atoms with Gasteiger partial charge < -0.3 is 0 Å². The minimum Gasteiger partial charge on any atom is -0.121 e. The van der Waals surface area contributed by atoms with Crippen LogP contribution in [0.3, 0.4) is 0 Å². The highest BCUT2D eigenvalue weighted by molar-refractivity contribution is 9.10. The second-order valence-corrected chi connectivity index (χ2v) is 10.3. The van der Waals surface area contributed by atoms with Gasteiger partial charge in [0.05, 0.1) is 0 Å². The van der Waals surface area contributed by atoms with Crippen molar-refractivity contribution in [2.24, 2.45) is 10.8 Å². The molecule has 2 aliphatic carbocycles. The van der Waals surface area contributed by atoms with Gasteiger partial charge in [0, 0.05) is 14.5 Å². The molecule has 0 nitrogen and oxygen atoms in total. The van der Waals surface area contributed by atoms with E-state index in [4.69, 9.17) is 11.6 Å². The minimum atomic E-state index is 0.0788. The lowest BCUT2D eigenvalue weighted by molar-refractivity contribution is 0.0341. The summed E-state index contributed by atoms with van der Waals surface area (Å²) in [6.45, 7) is 11.4. The maximum absolute atomic E-state index is 6.67.